The summed E-state index contributed by atoms with van der Waals surface area (Å²) in [6, 6.07) is 4.63. The molecule has 25 heavy (non-hydrogen) atoms. The van der Waals surface area contributed by atoms with E-state index >= 15 is 0 Å². The van der Waals surface area contributed by atoms with Crippen LogP contribution >= 0.6 is 0 Å². The molecule has 9 nitrogen and oxygen atoms in total. The Hall–Kier alpha value is -2.94. The molecule has 0 unspecified atom stereocenters. The number of aliphatic hydroxyl groups is 1. The van der Waals surface area contributed by atoms with E-state index in [-0.39, 0.29) is 18.3 Å². The molecular formula is C16H19N5O4. The number of aromatic nitrogens is 3. The van der Waals surface area contributed by atoms with Gasteiger partial charge in [0.05, 0.1) is 6.10 Å². The monoisotopic (exact) mass is 345 g/mol. The Morgan fingerprint density at radius 2 is 2.24 bits per heavy atom. The van der Waals surface area contributed by atoms with Crippen molar-refractivity contribution in [2.24, 2.45) is 0 Å². The number of aromatic amines is 2. The fraction of sp³-hybridized carbons (Fsp3) is 0.375. The normalized spacial score (nSPS) is 17.3. The number of hydrogen-bond acceptors (Lipinski definition) is 6. The van der Waals surface area contributed by atoms with Gasteiger partial charge in [0, 0.05) is 37.5 Å². The van der Waals surface area contributed by atoms with Gasteiger partial charge in [-0.05, 0) is 18.9 Å². The van der Waals surface area contributed by atoms with Gasteiger partial charge in [-0.1, -0.05) is 6.07 Å². The molecule has 1 amide bonds. The van der Waals surface area contributed by atoms with Crippen LogP contribution in [0.15, 0.2) is 34.0 Å². The van der Waals surface area contributed by atoms with Gasteiger partial charge < -0.3 is 20.3 Å². The number of β-amino-alcohol motifs (C(OH)–C–C–N with tert-alkyl or cyclic N) is 1. The number of nitrogens with one attached hydrogen (secondary N) is 3. The second-order valence-corrected chi connectivity index (χ2v) is 5.91. The smallest absolute Gasteiger partial charge is 0.326 e. The molecule has 3 heterocycles. The van der Waals surface area contributed by atoms with Crippen molar-refractivity contribution in [1.82, 2.24) is 20.3 Å². The van der Waals surface area contributed by atoms with E-state index < -0.39 is 17.2 Å². The largest absolute Gasteiger partial charge is 0.391 e. The first kappa shape index (κ1) is 16.9. The lowest BCUT2D eigenvalue weighted by atomic mass is 10.1. The van der Waals surface area contributed by atoms with Crippen LogP contribution in [0.4, 0.5) is 5.82 Å². The third-order valence-electron chi connectivity index (χ3n) is 4.01. The topological polar surface area (TPSA) is 131 Å². The fourth-order valence-corrected chi connectivity index (χ4v) is 2.86. The van der Waals surface area contributed by atoms with E-state index in [4.69, 9.17) is 0 Å². The zero-order valence-corrected chi connectivity index (χ0v) is 13.5. The summed E-state index contributed by atoms with van der Waals surface area (Å²) in [5, 5.41) is 12.5. The highest BCUT2D eigenvalue weighted by atomic mass is 16.3. The summed E-state index contributed by atoms with van der Waals surface area (Å²) in [6.45, 7) is 1.47. The predicted molar refractivity (Wildman–Crippen MR) is 90.5 cm³/mol. The minimum atomic E-state index is -0.734. The van der Waals surface area contributed by atoms with Crippen LogP contribution in [0.1, 0.15) is 28.9 Å². The molecule has 1 fully saturated rings. The van der Waals surface area contributed by atoms with Gasteiger partial charge in [0.2, 0.25) is 0 Å². The Bertz CT molecular complexity index is 847. The van der Waals surface area contributed by atoms with Crippen LogP contribution in [0, 0.1) is 0 Å². The van der Waals surface area contributed by atoms with E-state index in [0.717, 1.165) is 31.0 Å². The molecule has 1 saturated heterocycles. The standard InChI is InChI=1S/C16H19N5O4/c22-11-4-2-6-21(9-11)14-10(3-1-5-17-14)8-18-15(24)12-7-13(23)20-16(25)19-12/h1,3,5,7,11,22H,2,4,6,8-9H2,(H,18,24)(H2,19,20,23,25)/t11-/m0/s1. The predicted octanol–water partition coefficient (Wildman–Crippen LogP) is -0.651. The van der Waals surface area contributed by atoms with Gasteiger partial charge in [-0.25, -0.2) is 9.78 Å². The highest BCUT2D eigenvalue weighted by Crippen LogP contribution is 2.21. The maximum absolute atomic E-state index is 12.2. The maximum Gasteiger partial charge on any atom is 0.326 e. The molecule has 1 aliphatic rings. The SMILES string of the molecule is O=C(NCc1cccnc1N1CCC[C@H](O)C1)c1cc(=O)[nH]c(=O)[nH]1. The lowest BCUT2D eigenvalue weighted by molar-refractivity contribution is 0.0945. The zero-order valence-electron chi connectivity index (χ0n) is 13.5. The number of anilines is 1. The molecule has 2 aromatic heterocycles. The Morgan fingerprint density at radius 1 is 1.40 bits per heavy atom. The van der Waals surface area contributed by atoms with Crippen LogP contribution in [0.5, 0.6) is 0 Å². The summed E-state index contributed by atoms with van der Waals surface area (Å²) >= 11 is 0. The van der Waals surface area contributed by atoms with E-state index in [1.54, 1.807) is 12.3 Å². The number of aliphatic hydroxyl groups excluding tert-OH is 1. The van der Waals surface area contributed by atoms with Gasteiger partial charge in [0.25, 0.3) is 11.5 Å². The van der Waals surface area contributed by atoms with Gasteiger partial charge in [-0.3, -0.25) is 14.6 Å². The number of hydrogen-bond donors (Lipinski definition) is 4. The second kappa shape index (κ2) is 7.31. The van der Waals surface area contributed by atoms with Crippen molar-refractivity contribution in [2.75, 3.05) is 18.0 Å². The summed E-state index contributed by atoms with van der Waals surface area (Å²) in [4.78, 5) is 45.3. The van der Waals surface area contributed by atoms with Crippen molar-refractivity contribution in [2.45, 2.75) is 25.5 Å². The van der Waals surface area contributed by atoms with E-state index in [1.807, 2.05) is 16.0 Å². The van der Waals surface area contributed by atoms with E-state index in [9.17, 15) is 19.5 Å². The quantitative estimate of drug-likeness (QED) is 0.582. The number of rotatable bonds is 4. The van der Waals surface area contributed by atoms with Gasteiger partial charge in [-0.2, -0.15) is 0 Å². The van der Waals surface area contributed by atoms with Gasteiger partial charge in [0.1, 0.15) is 11.5 Å². The molecule has 3 rings (SSSR count). The minimum absolute atomic E-state index is 0.104. The number of piperidine rings is 1. The van der Waals surface area contributed by atoms with Gasteiger partial charge >= 0.3 is 5.69 Å². The highest BCUT2D eigenvalue weighted by Gasteiger charge is 2.21. The molecule has 4 N–H and O–H groups in total. The minimum Gasteiger partial charge on any atom is -0.391 e. The number of carbonyl (C=O) groups is 1. The van der Waals surface area contributed by atoms with Crippen LogP contribution in [0.25, 0.3) is 0 Å². The third-order valence-corrected chi connectivity index (χ3v) is 4.01. The molecule has 2 aromatic rings. The maximum atomic E-state index is 12.2. The lowest BCUT2D eigenvalue weighted by Gasteiger charge is -2.32. The first-order valence-corrected chi connectivity index (χ1v) is 8.01. The summed E-state index contributed by atoms with van der Waals surface area (Å²) in [6.07, 6.45) is 2.91. The first-order chi connectivity index (χ1) is 12.0. The van der Waals surface area contributed by atoms with Gasteiger partial charge in [-0.15, -0.1) is 0 Å². The van der Waals surface area contributed by atoms with Crippen LogP contribution in [0.3, 0.4) is 0 Å². The zero-order chi connectivity index (χ0) is 17.8. The van der Waals surface area contributed by atoms with Crippen LogP contribution in [-0.4, -0.2) is 45.2 Å². The average molecular weight is 345 g/mol. The Morgan fingerprint density at radius 3 is 3.00 bits per heavy atom. The molecule has 132 valence electrons. The molecule has 0 saturated carbocycles. The number of nitrogens with zero attached hydrogens (tertiary/aromatic N) is 2. The van der Waals surface area contributed by atoms with E-state index in [1.165, 1.54) is 0 Å². The number of pyridine rings is 1. The summed E-state index contributed by atoms with van der Waals surface area (Å²) in [7, 11) is 0. The number of amides is 1. The molecule has 0 radical (unpaired) electrons. The van der Waals surface area contributed by atoms with Crippen molar-refractivity contribution >= 4 is 11.7 Å². The van der Waals surface area contributed by atoms with Crippen molar-refractivity contribution < 1.29 is 9.90 Å². The lowest BCUT2D eigenvalue weighted by Crippen LogP contribution is -2.39. The van der Waals surface area contributed by atoms with Crippen molar-refractivity contribution in [3.8, 4) is 0 Å². The molecule has 1 aliphatic heterocycles. The molecular weight excluding hydrogens is 326 g/mol. The number of carbonyl (C=O) groups excluding carboxylic acids is 1. The highest BCUT2D eigenvalue weighted by molar-refractivity contribution is 5.92. The first-order valence-electron chi connectivity index (χ1n) is 8.01. The molecule has 0 spiro atoms. The Balaban J connectivity index is 1.74. The Labute approximate surface area is 142 Å². The Kier molecular flexibility index (Phi) is 4.94. The average Bonchev–Trinajstić information content (AvgIpc) is 2.59. The van der Waals surface area contributed by atoms with E-state index in [0.29, 0.717) is 12.4 Å². The third kappa shape index (κ3) is 4.13. The van der Waals surface area contributed by atoms with E-state index in [2.05, 4.69) is 15.3 Å². The van der Waals surface area contributed by atoms with Crippen LogP contribution in [-0.2, 0) is 6.54 Å². The molecule has 1 atom stereocenters. The van der Waals surface area contributed by atoms with Gasteiger partial charge in [0.15, 0.2) is 0 Å². The molecule has 0 aromatic carbocycles. The van der Waals surface area contributed by atoms with Crippen LogP contribution < -0.4 is 21.5 Å². The summed E-state index contributed by atoms with van der Waals surface area (Å²) < 4.78 is 0. The number of H-pyrrole nitrogens is 2. The molecule has 0 aliphatic carbocycles. The fourth-order valence-electron chi connectivity index (χ4n) is 2.86. The molecule has 0 bridgehead atoms. The van der Waals surface area contributed by atoms with Crippen LogP contribution in [0.2, 0.25) is 0 Å². The molecule has 9 heteroatoms. The second-order valence-electron chi connectivity index (χ2n) is 5.91. The summed E-state index contributed by atoms with van der Waals surface area (Å²) in [5.41, 5.74) is -0.690. The van der Waals surface area contributed by atoms with Crippen molar-refractivity contribution in [1.29, 1.82) is 0 Å². The van der Waals surface area contributed by atoms with Crippen molar-refractivity contribution in [3.63, 3.8) is 0 Å². The summed E-state index contributed by atoms with van der Waals surface area (Å²) in [5.74, 6) is 0.151. The van der Waals surface area contributed by atoms with Crippen molar-refractivity contribution in [3.05, 3.63) is 56.5 Å².